The van der Waals surface area contributed by atoms with Crippen LogP contribution >= 0.6 is 0 Å². The first kappa shape index (κ1) is 14.9. The monoisotopic (exact) mass is 244 g/mol. The highest BCUT2D eigenvalue weighted by atomic mass is 16.5. The molecule has 0 saturated carbocycles. The summed E-state index contributed by atoms with van der Waals surface area (Å²) in [4.78, 5) is 0. The van der Waals surface area contributed by atoms with Gasteiger partial charge >= 0.3 is 0 Å². The number of hydrogen-bond donors (Lipinski definition) is 1. The first-order chi connectivity index (χ1) is 7.63. The van der Waals surface area contributed by atoms with Crippen molar-refractivity contribution >= 4 is 0 Å². The summed E-state index contributed by atoms with van der Waals surface area (Å²) < 4.78 is 11.7. The maximum Gasteiger partial charge on any atom is 0.0860 e. The Labute approximate surface area is 105 Å². The van der Waals surface area contributed by atoms with Crippen LogP contribution in [0.1, 0.15) is 48.0 Å². The average molecular weight is 244 g/mol. The molecule has 3 nitrogen and oxygen atoms in total. The van der Waals surface area contributed by atoms with Gasteiger partial charge in [-0.15, -0.1) is 0 Å². The van der Waals surface area contributed by atoms with E-state index < -0.39 is 0 Å². The van der Waals surface area contributed by atoms with E-state index in [0.29, 0.717) is 12.5 Å². The molecule has 0 bridgehead atoms. The molecular weight excluding hydrogens is 216 g/mol. The van der Waals surface area contributed by atoms with Gasteiger partial charge in [0.05, 0.1) is 31.0 Å². The molecule has 3 heteroatoms. The Kier molecular flexibility index (Phi) is 4.61. The van der Waals surface area contributed by atoms with Gasteiger partial charge in [0, 0.05) is 5.92 Å². The van der Waals surface area contributed by atoms with Crippen LogP contribution in [0.5, 0.6) is 0 Å². The van der Waals surface area contributed by atoms with Gasteiger partial charge in [0.25, 0.3) is 0 Å². The van der Waals surface area contributed by atoms with E-state index in [9.17, 15) is 5.11 Å². The van der Waals surface area contributed by atoms with Gasteiger partial charge in [-0.2, -0.15) is 0 Å². The summed E-state index contributed by atoms with van der Waals surface area (Å²) >= 11 is 0. The molecule has 1 aliphatic heterocycles. The molecule has 0 aromatic rings. The first-order valence-electron chi connectivity index (χ1n) is 6.54. The minimum Gasteiger partial charge on any atom is -0.394 e. The lowest BCUT2D eigenvalue weighted by molar-refractivity contribution is -0.0642. The van der Waals surface area contributed by atoms with Crippen molar-refractivity contribution in [2.45, 2.75) is 65.8 Å². The van der Waals surface area contributed by atoms with Crippen LogP contribution in [0.4, 0.5) is 0 Å². The Morgan fingerprint density at radius 3 is 2.18 bits per heavy atom. The summed E-state index contributed by atoms with van der Waals surface area (Å²) in [6.07, 6.45) is 1.12. The zero-order valence-electron chi connectivity index (χ0n) is 12.1. The van der Waals surface area contributed by atoms with Crippen molar-refractivity contribution in [2.24, 2.45) is 11.3 Å². The van der Waals surface area contributed by atoms with Gasteiger partial charge in [0.15, 0.2) is 0 Å². The van der Waals surface area contributed by atoms with Crippen molar-refractivity contribution in [1.82, 2.24) is 0 Å². The van der Waals surface area contributed by atoms with Crippen LogP contribution in [0.3, 0.4) is 0 Å². The average Bonchev–Trinajstić information content (AvgIpc) is 2.55. The summed E-state index contributed by atoms with van der Waals surface area (Å²) in [5, 5.41) is 9.37. The van der Waals surface area contributed by atoms with Crippen LogP contribution in [0.25, 0.3) is 0 Å². The molecule has 1 fully saturated rings. The molecule has 17 heavy (non-hydrogen) atoms. The van der Waals surface area contributed by atoms with Crippen LogP contribution in [-0.4, -0.2) is 36.1 Å². The zero-order valence-corrected chi connectivity index (χ0v) is 12.1. The zero-order chi connectivity index (χ0) is 13.3. The molecular formula is C14H28O3. The van der Waals surface area contributed by atoms with Gasteiger partial charge in [0.2, 0.25) is 0 Å². The van der Waals surface area contributed by atoms with Crippen molar-refractivity contribution in [1.29, 1.82) is 0 Å². The van der Waals surface area contributed by atoms with E-state index in [0.717, 1.165) is 6.42 Å². The minimum absolute atomic E-state index is 0.0680. The molecule has 3 atom stereocenters. The highest BCUT2D eigenvalue weighted by molar-refractivity contribution is 4.88. The second-order valence-corrected chi connectivity index (χ2v) is 7.13. The highest BCUT2D eigenvalue weighted by Crippen LogP contribution is 2.37. The molecule has 0 amide bonds. The summed E-state index contributed by atoms with van der Waals surface area (Å²) in [5.41, 5.74) is 0.00370. The molecule has 0 unspecified atom stereocenters. The second-order valence-electron chi connectivity index (χ2n) is 7.13. The van der Waals surface area contributed by atoms with Gasteiger partial charge in [-0.05, 0) is 32.6 Å². The van der Waals surface area contributed by atoms with Crippen LogP contribution < -0.4 is 0 Å². The lowest BCUT2D eigenvalue weighted by Crippen LogP contribution is -2.29. The van der Waals surface area contributed by atoms with Gasteiger partial charge in [-0.1, -0.05) is 20.8 Å². The van der Waals surface area contributed by atoms with E-state index in [4.69, 9.17) is 9.47 Å². The summed E-state index contributed by atoms with van der Waals surface area (Å²) in [6, 6.07) is 0. The Hall–Kier alpha value is -0.120. The molecule has 0 aromatic carbocycles. The van der Waals surface area contributed by atoms with Crippen LogP contribution in [0.2, 0.25) is 0 Å². The number of ether oxygens (including phenoxy) is 2. The summed E-state index contributed by atoms with van der Waals surface area (Å²) in [5.74, 6) is 0.309. The Balaban J connectivity index is 2.54. The fourth-order valence-corrected chi connectivity index (χ4v) is 2.09. The van der Waals surface area contributed by atoms with E-state index >= 15 is 0 Å². The summed E-state index contributed by atoms with van der Waals surface area (Å²) in [6.45, 7) is 13.5. The number of hydrogen-bond acceptors (Lipinski definition) is 3. The third-order valence-electron chi connectivity index (χ3n) is 3.26. The van der Waals surface area contributed by atoms with Crippen molar-refractivity contribution in [3.05, 3.63) is 0 Å². The van der Waals surface area contributed by atoms with Gasteiger partial charge < -0.3 is 14.6 Å². The Morgan fingerprint density at radius 1 is 1.18 bits per heavy atom. The standard InChI is InChI=1S/C14H28O3/c1-13(2,3)12-7-10(11(8-15)17-12)9-16-14(4,5)6/h10-12,15H,7-9H2,1-6H3/t10-,11-,12+/m0/s1. The number of rotatable bonds is 3. The van der Waals surface area contributed by atoms with Crippen LogP contribution in [0.15, 0.2) is 0 Å². The molecule has 1 rings (SSSR count). The number of aliphatic hydroxyl groups is 1. The van der Waals surface area contributed by atoms with Crippen LogP contribution in [0, 0.1) is 11.3 Å². The predicted octanol–water partition coefficient (Wildman–Crippen LogP) is 2.61. The number of aliphatic hydroxyl groups excluding tert-OH is 1. The highest BCUT2D eigenvalue weighted by Gasteiger charge is 2.40. The van der Waals surface area contributed by atoms with Crippen molar-refractivity contribution < 1.29 is 14.6 Å². The molecule has 1 N–H and O–H groups in total. The molecule has 102 valence electrons. The second kappa shape index (κ2) is 5.25. The maximum atomic E-state index is 9.37. The van der Waals surface area contributed by atoms with E-state index in [2.05, 4.69) is 41.5 Å². The van der Waals surface area contributed by atoms with Gasteiger partial charge in [0.1, 0.15) is 0 Å². The molecule has 0 aliphatic carbocycles. The molecule has 1 saturated heterocycles. The van der Waals surface area contributed by atoms with Crippen LogP contribution in [-0.2, 0) is 9.47 Å². The fraction of sp³-hybridized carbons (Fsp3) is 1.00. The third kappa shape index (κ3) is 4.57. The van der Waals surface area contributed by atoms with E-state index in [1.807, 2.05) is 0 Å². The molecule has 1 aliphatic rings. The maximum absolute atomic E-state index is 9.37. The normalized spacial score (nSPS) is 30.9. The molecule has 0 radical (unpaired) electrons. The lowest BCUT2D eigenvalue weighted by atomic mass is 9.85. The van der Waals surface area contributed by atoms with Gasteiger partial charge in [-0.25, -0.2) is 0 Å². The van der Waals surface area contributed by atoms with E-state index in [1.54, 1.807) is 0 Å². The van der Waals surface area contributed by atoms with E-state index in [-0.39, 0.29) is 29.8 Å². The molecule has 0 spiro atoms. The topological polar surface area (TPSA) is 38.7 Å². The van der Waals surface area contributed by atoms with Crippen molar-refractivity contribution in [2.75, 3.05) is 13.2 Å². The summed E-state index contributed by atoms with van der Waals surface area (Å²) in [7, 11) is 0. The smallest absolute Gasteiger partial charge is 0.0860 e. The Morgan fingerprint density at radius 2 is 1.76 bits per heavy atom. The minimum atomic E-state index is -0.125. The fourth-order valence-electron chi connectivity index (χ4n) is 2.09. The van der Waals surface area contributed by atoms with Gasteiger partial charge in [-0.3, -0.25) is 0 Å². The third-order valence-corrected chi connectivity index (χ3v) is 3.26. The predicted molar refractivity (Wildman–Crippen MR) is 69.0 cm³/mol. The van der Waals surface area contributed by atoms with E-state index in [1.165, 1.54) is 0 Å². The SMILES string of the molecule is CC(C)(C)OC[C@@H]1C[C@H](C(C)(C)C)O[C@H]1CO. The Bertz CT molecular complexity index is 237. The molecule has 0 aromatic heterocycles. The van der Waals surface area contributed by atoms with Crippen molar-refractivity contribution in [3.63, 3.8) is 0 Å². The molecule has 1 heterocycles. The lowest BCUT2D eigenvalue weighted by Gasteiger charge is -2.26. The largest absolute Gasteiger partial charge is 0.394 e. The van der Waals surface area contributed by atoms with Crippen molar-refractivity contribution in [3.8, 4) is 0 Å². The quantitative estimate of drug-likeness (QED) is 0.829. The first-order valence-corrected chi connectivity index (χ1v) is 6.54.